The van der Waals surface area contributed by atoms with E-state index in [1.54, 1.807) is 6.92 Å². The summed E-state index contributed by atoms with van der Waals surface area (Å²) in [6, 6.07) is 3.44. The number of benzene rings is 1. The highest BCUT2D eigenvalue weighted by Gasteiger charge is 2.22. The van der Waals surface area contributed by atoms with Crippen LogP contribution in [0, 0.1) is 0 Å². The number of aromatic carboxylic acids is 1. The number of nitrogens with one attached hydrogen (secondary N) is 1. The molecule has 106 valence electrons. The van der Waals surface area contributed by atoms with Crippen LogP contribution in [0.4, 0.5) is 0 Å². The van der Waals surface area contributed by atoms with Crippen LogP contribution in [-0.2, 0) is 10.0 Å². The molecule has 0 radical (unpaired) electrons. The molecule has 0 fully saturated rings. The molecule has 0 aliphatic rings. The van der Waals surface area contributed by atoms with Gasteiger partial charge in [-0.2, -0.15) is 0 Å². The first-order valence-corrected chi connectivity index (χ1v) is 7.23. The molecule has 0 aromatic heterocycles. The normalized spacial score (nSPS) is 13.0. The Labute approximate surface area is 112 Å². The van der Waals surface area contributed by atoms with E-state index < -0.39 is 16.0 Å². The van der Waals surface area contributed by atoms with Gasteiger partial charge in [0.15, 0.2) is 0 Å². The number of carbonyl (C=O) groups is 1. The van der Waals surface area contributed by atoms with Crippen LogP contribution >= 0.6 is 0 Å². The van der Waals surface area contributed by atoms with Gasteiger partial charge < -0.3 is 9.84 Å². The monoisotopic (exact) mass is 287 g/mol. The average molecular weight is 287 g/mol. The Morgan fingerprint density at radius 2 is 2.11 bits per heavy atom. The molecule has 0 spiro atoms. The predicted octanol–water partition coefficient (Wildman–Crippen LogP) is 1.47. The van der Waals surface area contributed by atoms with Crippen molar-refractivity contribution < 1.29 is 23.1 Å². The minimum atomic E-state index is -3.72. The molecular formula is C12H17NO5S. The standard InChI is InChI=1S/C12H17NO5S/c1-4-8(2)13-19(16,17)11-6-5-9(12(14)15)7-10(11)18-3/h5-8,13H,4H2,1-3H3,(H,14,15). The summed E-state index contributed by atoms with van der Waals surface area (Å²) in [7, 11) is -2.43. The quantitative estimate of drug-likeness (QED) is 0.826. The van der Waals surface area contributed by atoms with E-state index in [9.17, 15) is 13.2 Å². The molecule has 19 heavy (non-hydrogen) atoms. The van der Waals surface area contributed by atoms with E-state index in [0.717, 1.165) is 0 Å². The maximum atomic E-state index is 12.1. The third kappa shape index (κ3) is 3.68. The number of carboxylic acids is 1. The highest BCUT2D eigenvalue weighted by molar-refractivity contribution is 7.89. The lowest BCUT2D eigenvalue weighted by Crippen LogP contribution is -2.32. The average Bonchev–Trinajstić information content (AvgIpc) is 2.37. The molecule has 0 aliphatic heterocycles. The minimum Gasteiger partial charge on any atom is -0.495 e. The van der Waals surface area contributed by atoms with Crippen LogP contribution in [0.3, 0.4) is 0 Å². The summed E-state index contributed by atoms with van der Waals surface area (Å²) >= 11 is 0. The zero-order chi connectivity index (χ0) is 14.6. The van der Waals surface area contributed by atoms with Gasteiger partial charge in [-0.1, -0.05) is 6.92 Å². The van der Waals surface area contributed by atoms with Crippen molar-refractivity contribution in [3.8, 4) is 5.75 Å². The van der Waals surface area contributed by atoms with Gasteiger partial charge in [0.25, 0.3) is 0 Å². The van der Waals surface area contributed by atoms with Gasteiger partial charge in [0, 0.05) is 6.04 Å². The second-order valence-corrected chi connectivity index (χ2v) is 5.78. The Kier molecular flexibility index (Phi) is 4.90. The van der Waals surface area contributed by atoms with Crippen molar-refractivity contribution in [2.75, 3.05) is 7.11 Å². The van der Waals surface area contributed by atoms with Crippen molar-refractivity contribution in [3.05, 3.63) is 23.8 Å². The van der Waals surface area contributed by atoms with Crippen molar-refractivity contribution in [1.29, 1.82) is 0 Å². The summed E-state index contributed by atoms with van der Waals surface area (Å²) in [6.07, 6.45) is 0.648. The van der Waals surface area contributed by atoms with Gasteiger partial charge in [0.05, 0.1) is 12.7 Å². The second-order valence-electron chi connectivity index (χ2n) is 4.10. The van der Waals surface area contributed by atoms with Crippen LogP contribution in [0.1, 0.15) is 30.6 Å². The fraction of sp³-hybridized carbons (Fsp3) is 0.417. The SMILES string of the molecule is CCC(C)NS(=O)(=O)c1ccc(C(=O)O)cc1OC. The lowest BCUT2D eigenvalue weighted by Gasteiger charge is -2.14. The first-order valence-electron chi connectivity index (χ1n) is 5.75. The maximum Gasteiger partial charge on any atom is 0.335 e. The van der Waals surface area contributed by atoms with Gasteiger partial charge in [0.2, 0.25) is 10.0 Å². The second kappa shape index (κ2) is 6.03. The molecule has 2 N–H and O–H groups in total. The number of methoxy groups -OCH3 is 1. The van der Waals surface area contributed by atoms with E-state index in [4.69, 9.17) is 9.84 Å². The molecule has 1 unspecified atom stereocenters. The van der Waals surface area contributed by atoms with Gasteiger partial charge in [0.1, 0.15) is 10.6 Å². The molecule has 6 nitrogen and oxygen atoms in total. The molecule has 0 heterocycles. The topological polar surface area (TPSA) is 92.7 Å². The molecule has 0 aliphatic carbocycles. The Morgan fingerprint density at radius 1 is 1.47 bits per heavy atom. The van der Waals surface area contributed by atoms with Gasteiger partial charge in [-0.3, -0.25) is 0 Å². The van der Waals surface area contributed by atoms with Crippen molar-refractivity contribution in [3.63, 3.8) is 0 Å². The van der Waals surface area contributed by atoms with Gasteiger partial charge >= 0.3 is 5.97 Å². The van der Waals surface area contributed by atoms with E-state index in [1.165, 1.54) is 25.3 Å². The molecule has 1 aromatic rings. The zero-order valence-corrected chi connectivity index (χ0v) is 11.8. The summed E-state index contributed by atoms with van der Waals surface area (Å²) < 4.78 is 31.7. The smallest absolute Gasteiger partial charge is 0.335 e. The third-order valence-corrected chi connectivity index (χ3v) is 4.30. The first-order chi connectivity index (χ1) is 8.81. The zero-order valence-electron chi connectivity index (χ0n) is 11.0. The number of hydrogen-bond acceptors (Lipinski definition) is 4. The third-order valence-electron chi connectivity index (χ3n) is 2.67. The molecular weight excluding hydrogens is 270 g/mol. The molecule has 7 heteroatoms. The lowest BCUT2D eigenvalue weighted by atomic mass is 10.2. The number of rotatable bonds is 6. The molecule has 1 atom stereocenters. The number of carboxylic acid groups (broad SMARTS) is 1. The fourth-order valence-electron chi connectivity index (χ4n) is 1.43. The van der Waals surface area contributed by atoms with E-state index in [2.05, 4.69) is 4.72 Å². The Balaban J connectivity index is 3.23. The molecule has 0 amide bonds. The summed E-state index contributed by atoms with van der Waals surface area (Å²) in [5.41, 5.74) is -0.0284. The molecule has 0 saturated carbocycles. The first kappa shape index (κ1) is 15.5. The van der Waals surface area contributed by atoms with E-state index in [-0.39, 0.29) is 22.3 Å². The summed E-state index contributed by atoms with van der Waals surface area (Å²) in [6.45, 7) is 3.60. The summed E-state index contributed by atoms with van der Waals surface area (Å²) in [5, 5.41) is 8.86. The predicted molar refractivity (Wildman–Crippen MR) is 70.0 cm³/mol. The summed E-state index contributed by atoms with van der Waals surface area (Å²) in [5.74, 6) is -1.13. The van der Waals surface area contributed by atoms with Crippen molar-refractivity contribution in [2.24, 2.45) is 0 Å². The van der Waals surface area contributed by atoms with E-state index in [0.29, 0.717) is 6.42 Å². The highest BCUT2D eigenvalue weighted by atomic mass is 32.2. The Bertz CT molecular complexity index is 567. The molecule has 0 bridgehead atoms. The molecule has 1 aromatic carbocycles. The molecule has 1 rings (SSSR count). The largest absolute Gasteiger partial charge is 0.495 e. The fourth-order valence-corrected chi connectivity index (χ4v) is 2.91. The van der Waals surface area contributed by atoms with Crippen LogP contribution < -0.4 is 9.46 Å². The van der Waals surface area contributed by atoms with Crippen LogP contribution in [0.15, 0.2) is 23.1 Å². The highest BCUT2D eigenvalue weighted by Crippen LogP contribution is 2.25. The number of hydrogen-bond donors (Lipinski definition) is 2. The van der Waals surface area contributed by atoms with Crippen LogP contribution in [0.2, 0.25) is 0 Å². The van der Waals surface area contributed by atoms with E-state index in [1.807, 2.05) is 6.92 Å². The Morgan fingerprint density at radius 3 is 2.58 bits per heavy atom. The van der Waals surface area contributed by atoms with Gasteiger partial charge in [-0.05, 0) is 31.5 Å². The van der Waals surface area contributed by atoms with Gasteiger partial charge in [-0.25, -0.2) is 17.9 Å². The van der Waals surface area contributed by atoms with Crippen LogP contribution in [-0.4, -0.2) is 32.6 Å². The van der Waals surface area contributed by atoms with E-state index >= 15 is 0 Å². The van der Waals surface area contributed by atoms with Crippen molar-refractivity contribution in [1.82, 2.24) is 4.72 Å². The number of sulfonamides is 1. The lowest BCUT2D eigenvalue weighted by molar-refractivity contribution is 0.0696. The minimum absolute atomic E-state index is 0.00991. The van der Waals surface area contributed by atoms with Crippen molar-refractivity contribution in [2.45, 2.75) is 31.2 Å². The number of ether oxygens (including phenoxy) is 1. The van der Waals surface area contributed by atoms with Crippen molar-refractivity contribution >= 4 is 16.0 Å². The maximum absolute atomic E-state index is 12.1. The van der Waals surface area contributed by atoms with Crippen LogP contribution in [0.5, 0.6) is 5.75 Å². The Hall–Kier alpha value is -1.60. The molecule has 0 saturated heterocycles. The van der Waals surface area contributed by atoms with Gasteiger partial charge in [-0.15, -0.1) is 0 Å². The van der Waals surface area contributed by atoms with Crippen LogP contribution in [0.25, 0.3) is 0 Å². The summed E-state index contributed by atoms with van der Waals surface area (Å²) in [4.78, 5) is 10.8.